The van der Waals surface area contributed by atoms with Gasteiger partial charge in [-0.05, 0) is 38.8 Å². The minimum absolute atomic E-state index is 0.0124. The Bertz CT molecular complexity index is 604. The van der Waals surface area contributed by atoms with Crippen LogP contribution in [0.1, 0.15) is 53.4 Å². The van der Waals surface area contributed by atoms with Crippen molar-refractivity contribution in [2.24, 2.45) is 0 Å². The number of carbonyl (C=O) groups is 2. The Morgan fingerprint density at radius 3 is 2.83 bits per heavy atom. The van der Waals surface area contributed by atoms with Crippen molar-refractivity contribution < 1.29 is 9.59 Å². The number of aromatic nitrogens is 1. The summed E-state index contributed by atoms with van der Waals surface area (Å²) in [5, 5.41) is 3.44. The minimum Gasteiger partial charge on any atom is -0.351 e. The third-order valence-corrected chi connectivity index (χ3v) is 5.50. The number of hydrogen-bond acceptors (Lipinski definition) is 4. The molecule has 1 aromatic heterocycles. The van der Waals surface area contributed by atoms with E-state index in [0.717, 1.165) is 30.0 Å². The van der Waals surface area contributed by atoms with Gasteiger partial charge in [-0.25, -0.2) is 4.98 Å². The molecule has 0 bridgehead atoms. The summed E-state index contributed by atoms with van der Waals surface area (Å²) in [5.74, 6) is -0.0686. The van der Waals surface area contributed by atoms with Crippen LogP contribution in [0.2, 0.25) is 0 Å². The molecule has 0 unspecified atom stereocenters. The fourth-order valence-corrected chi connectivity index (χ4v) is 3.67. The van der Waals surface area contributed by atoms with Gasteiger partial charge in [0.2, 0.25) is 11.8 Å². The second-order valence-electron chi connectivity index (χ2n) is 6.77. The van der Waals surface area contributed by atoms with E-state index in [2.05, 4.69) is 17.2 Å². The largest absolute Gasteiger partial charge is 0.351 e. The smallest absolute Gasteiger partial charge is 0.241 e. The normalized spacial score (nSPS) is 17.6. The molecule has 0 saturated heterocycles. The first-order chi connectivity index (χ1) is 11.4. The molecule has 1 atom stereocenters. The minimum atomic E-state index is -0.406. The number of carbonyl (C=O) groups excluding carboxylic acids is 2. The number of fused-ring (bicyclic) bond motifs is 1. The molecule has 24 heavy (non-hydrogen) atoms. The zero-order valence-corrected chi connectivity index (χ0v) is 15.8. The lowest BCUT2D eigenvalue weighted by Crippen LogP contribution is -2.47. The van der Waals surface area contributed by atoms with E-state index in [9.17, 15) is 9.59 Å². The van der Waals surface area contributed by atoms with Crippen molar-refractivity contribution in [3.63, 3.8) is 0 Å². The number of thioether (sulfide) groups is 1. The highest BCUT2D eigenvalue weighted by Crippen LogP contribution is 2.38. The van der Waals surface area contributed by atoms with Gasteiger partial charge in [-0.2, -0.15) is 0 Å². The van der Waals surface area contributed by atoms with Crippen molar-refractivity contribution in [2.75, 3.05) is 11.4 Å². The van der Waals surface area contributed by atoms with Gasteiger partial charge in [0, 0.05) is 24.7 Å². The third-order valence-electron chi connectivity index (χ3n) is 4.30. The highest BCUT2D eigenvalue weighted by Gasteiger charge is 2.35. The molecule has 1 N–H and O–H groups in total. The average Bonchev–Trinajstić information content (AvgIpc) is 2.54. The lowest BCUT2D eigenvalue weighted by molar-refractivity contribution is -0.126. The van der Waals surface area contributed by atoms with Crippen LogP contribution in [0.4, 0.5) is 5.69 Å². The standard InChI is InChI=1S/C18H27N3O2S/c1-5-7-11-21-13-9-8-10-19-16(13)24-14(17(21)23)12-15(22)20-18(3,4)6-2/h8-10,14H,5-7,11-12H2,1-4H3,(H,20,22)/t14-/m1/s1. The second kappa shape index (κ2) is 8.01. The summed E-state index contributed by atoms with van der Waals surface area (Å²) in [5.41, 5.74) is 0.615. The molecule has 0 aliphatic carbocycles. The van der Waals surface area contributed by atoms with E-state index >= 15 is 0 Å². The number of anilines is 1. The van der Waals surface area contributed by atoms with Crippen molar-refractivity contribution in [1.29, 1.82) is 0 Å². The van der Waals surface area contributed by atoms with Crippen molar-refractivity contribution >= 4 is 29.3 Å². The number of pyridine rings is 1. The molecule has 1 aliphatic rings. The van der Waals surface area contributed by atoms with Crippen molar-refractivity contribution in [1.82, 2.24) is 10.3 Å². The van der Waals surface area contributed by atoms with Gasteiger partial charge >= 0.3 is 0 Å². The molecule has 1 aliphatic heterocycles. The van der Waals surface area contributed by atoms with Gasteiger partial charge in [0.25, 0.3) is 0 Å². The summed E-state index contributed by atoms with van der Waals surface area (Å²) < 4.78 is 0. The first-order valence-electron chi connectivity index (χ1n) is 8.62. The van der Waals surface area contributed by atoms with Gasteiger partial charge in [0.1, 0.15) is 5.03 Å². The molecule has 0 fully saturated rings. The molecule has 1 aromatic rings. The molecule has 0 saturated carbocycles. The van der Waals surface area contributed by atoms with Gasteiger partial charge < -0.3 is 10.2 Å². The molecule has 2 heterocycles. The Kier molecular flexibility index (Phi) is 6.27. The SMILES string of the molecule is CCCCN1C(=O)[C@@H](CC(=O)NC(C)(C)CC)Sc2ncccc21. The molecule has 2 amide bonds. The van der Waals surface area contributed by atoms with Crippen LogP contribution in [0.5, 0.6) is 0 Å². The molecular weight excluding hydrogens is 322 g/mol. The van der Waals surface area contributed by atoms with Crippen LogP contribution < -0.4 is 10.2 Å². The maximum absolute atomic E-state index is 12.9. The van der Waals surface area contributed by atoms with Crippen LogP contribution in [0, 0.1) is 0 Å². The first-order valence-corrected chi connectivity index (χ1v) is 9.50. The van der Waals surface area contributed by atoms with E-state index in [1.165, 1.54) is 11.8 Å². The Morgan fingerprint density at radius 1 is 1.42 bits per heavy atom. The lowest BCUT2D eigenvalue weighted by Gasteiger charge is -2.33. The van der Waals surface area contributed by atoms with E-state index in [0.29, 0.717) is 6.54 Å². The molecule has 0 spiro atoms. The zero-order chi connectivity index (χ0) is 17.7. The van der Waals surface area contributed by atoms with Crippen molar-refractivity contribution in [2.45, 2.75) is 69.2 Å². The summed E-state index contributed by atoms with van der Waals surface area (Å²) in [4.78, 5) is 31.4. The fourth-order valence-electron chi connectivity index (χ4n) is 2.52. The Balaban J connectivity index is 2.14. The number of nitrogens with one attached hydrogen (secondary N) is 1. The van der Waals surface area contributed by atoms with E-state index in [-0.39, 0.29) is 23.8 Å². The molecule has 132 valence electrons. The van der Waals surface area contributed by atoms with Crippen LogP contribution >= 0.6 is 11.8 Å². The van der Waals surface area contributed by atoms with E-state index in [1.54, 1.807) is 11.1 Å². The van der Waals surface area contributed by atoms with Gasteiger partial charge in [-0.3, -0.25) is 9.59 Å². The fraction of sp³-hybridized carbons (Fsp3) is 0.611. The van der Waals surface area contributed by atoms with Crippen LogP contribution in [-0.2, 0) is 9.59 Å². The number of nitrogens with zero attached hydrogens (tertiary/aromatic N) is 2. The summed E-state index contributed by atoms with van der Waals surface area (Å²) >= 11 is 1.40. The molecule has 0 aromatic carbocycles. The quantitative estimate of drug-likeness (QED) is 0.820. The summed E-state index contributed by atoms with van der Waals surface area (Å²) in [6, 6.07) is 3.78. The van der Waals surface area contributed by atoms with Crippen molar-refractivity contribution in [3.8, 4) is 0 Å². The number of hydrogen-bond donors (Lipinski definition) is 1. The maximum Gasteiger partial charge on any atom is 0.241 e. The molecule has 0 radical (unpaired) electrons. The van der Waals surface area contributed by atoms with Gasteiger partial charge in [-0.15, -0.1) is 0 Å². The monoisotopic (exact) mass is 349 g/mol. The van der Waals surface area contributed by atoms with Crippen LogP contribution in [0.25, 0.3) is 0 Å². The maximum atomic E-state index is 12.9. The van der Waals surface area contributed by atoms with E-state index in [1.807, 2.05) is 32.9 Å². The lowest BCUT2D eigenvalue weighted by atomic mass is 10.0. The molecule has 6 heteroatoms. The van der Waals surface area contributed by atoms with Crippen LogP contribution in [-0.4, -0.2) is 34.1 Å². The number of amides is 2. The second-order valence-corrected chi connectivity index (χ2v) is 7.96. The van der Waals surface area contributed by atoms with E-state index in [4.69, 9.17) is 0 Å². The Hall–Kier alpha value is -1.56. The zero-order valence-electron chi connectivity index (χ0n) is 15.0. The topological polar surface area (TPSA) is 62.3 Å². The highest BCUT2D eigenvalue weighted by molar-refractivity contribution is 8.00. The van der Waals surface area contributed by atoms with Crippen LogP contribution in [0.3, 0.4) is 0 Å². The van der Waals surface area contributed by atoms with Gasteiger partial charge in [-0.1, -0.05) is 32.0 Å². The molecular formula is C18H27N3O2S. The average molecular weight is 350 g/mol. The van der Waals surface area contributed by atoms with Gasteiger partial charge in [0.15, 0.2) is 0 Å². The summed E-state index contributed by atoms with van der Waals surface area (Å²) in [7, 11) is 0. The number of rotatable bonds is 7. The van der Waals surface area contributed by atoms with Crippen molar-refractivity contribution in [3.05, 3.63) is 18.3 Å². The Labute approximate surface area is 148 Å². The predicted molar refractivity (Wildman–Crippen MR) is 98.3 cm³/mol. The Morgan fingerprint density at radius 2 is 2.17 bits per heavy atom. The third kappa shape index (κ3) is 4.50. The predicted octanol–water partition coefficient (Wildman–Crippen LogP) is 3.38. The number of unbranched alkanes of at least 4 members (excludes halogenated alkanes) is 1. The molecule has 5 nitrogen and oxygen atoms in total. The first kappa shape index (κ1) is 18.8. The molecule has 2 rings (SSSR count). The van der Waals surface area contributed by atoms with E-state index < -0.39 is 5.25 Å². The van der Waals surface area contributed by atoms with Gasteiger partial charge in [0.05, 0.1) is 10.9 Å². The summed E-state index contributed by atoms with van der Waals surface area (Å²) in [6.45, 7) is 8.79. The summed E-state index contributed by atoms with van der Waals surface area (Å²) in [6.07, 6.45) is 4.72. The highest BCUT2D eigenvalue weighted by atomic mass is 32.2. The van der Waals surface area contributed by atoms with Crippen LogP contribution in [0.15, 0.2) is 23.4 Å².